The van der Waals surface area contributed by atoms with Crippen molar-refractivity contribution in [2.75, 3.05) is 40.3 Å². The first-order valence-corrected chi connectivity index (χ1v) is 5.68. The van der Waals surface area contributed by atoms with Gasteiger partial charge in [0.15, 0.2) is 0 Å². The van der Waals surface area contributed by atoms with E-state index in [0.29, 0.717) is 0 Å². The lowest BCUT2D eigenvalue weighted by Gasteiger charge is -2.40. The van der Waals surface area contributed by atoms with Crippen molar-refractivity contribution in [2.45, 2.75) is 31.8 Å². The van der Waals surface area contributed by atoms with Crippen molar-refractivity contribution >= 4 is 0 Å². The van der Waals surface area contributed by atoms with E-state index < -0.39 is 0 Å². The summed E-state index contributed by atoms with van der Waals surface area (Å²) in [4.78, 5) is 2.50. The Morgan fingerprint density at radius 3 is 2.43 bits per heavy atom. The van der Waals surface area contributed by atoms with E-state index in [2.05, 4.69) is 17.1 Å². The van der Waals surface area contributed by atoms with Crippen LogP contribution in [0.4, 0.5) is 0 Å². The molecule has 1 N–H and O–H groups in total. The fourth-order valence-electron chi connectivity index (χ4n) is 2.19. The van der Waals surface area contributed by atoms with Gasteiger partial charge >= 0.3 is 0 Å². The highest BCUT2D eigenvalue weighted by Gasteiger charge is 2.33. The lowest BCUT2D eigenvalue weighted by molar-refractivity contribution is -0.0610. The maximum atomic E-state index is 5.71. The number of nitrogens with zero attached hydrogens (tertiary/aromatic N) is 1. The predicted octanol–water partition coefficient (Wildman–Crippen LogP) is 1.10. The van der Waals surface area contributed by atoms with Crippen LogP contribution in [0.1, 0.15) is 26.2 Å². The Morgan fingerprint density at radius 1 is 1.36 bits per heavy atom. The molecule has 1 heterocycles. The predicted molar refractivity (Wildman–Crippen MR) is 59.6 cm³/mol. The molecule has 0 unspecified atom stereocenters. The van der Waals surface area contributed by atoms with E-state index in [4.69, 9.17) is 4.74 Å². The van der Waals surface area contributed by atoms with Gasteiger partial charge < -0.3 is 15.0 Å². The van der Waals surface area contributed by atoms with Gasteiger partial charge in [-0.15, -0.1) is 0 Å². The van der Waals surface area contributed by atoms with E-state index in [1.165, 1.54) is 32.5 Å². The largest absolute Gasteiger partial charge is 0.378 e. The SMILES string of the molecule is CCN1CCC(CCNC)(OC)CC1. The summed E-state index contributed by atoms with van der Waals surface area (Å²) in [5.41, 5.74) is 0.148. The fourth-order valence-corrected chi connectivity index (χ4v) is 2.19. The van der Waals surface area contributed by atoms with Crippen molar-refractivity contribution in [3.63, 3.8) is 0 Å². The quantitative estimate of drug-likeness (QED) is 0.719. The van der Waals surface area contributed by atoms with Gasteiger partial charge in [0, 0.05) is 20.2 Å². The molecular formula is C11H24N2O. The molecule has 1 rings (SSSR count). The topological polar surface area (TPSA) is 24.5 Å². The summed E-state index contributed by atoms with van der Waals surface area (Å²) in [5.74, 6) is 0. The lowest BCUT2D eigenvalue weighted by atomic mass is 9.88. The Bertz CT molecular complexity index is 153. The molecule has 1 aliphatic heterocycles. The van der Waals surface area contributed by atoms with Gasteiger partial charge in [0.05, 0.1) is 5.60 Å². The molecule has 0 amide bonds. The molecule has 1 saturated heterocycles. The van der Waals surface area contributed by atoms with Crippen molar-refractivity contribution < 1.29 is 4.74 Å². The average molecular weight is 200 g/mol. The van der Waals surface area contributed by atoms with Crippen molar-refractivity contribution in [1.82, 2.24) is 10.2 Å². The first kappa shape index (κ1) is 12.0. The number of rotatable bonds is 5. The molecule has 0 atom stereocenters. The maximum Gasteiger partial charge on any atom is 0.0715 e. The van der Waals surface area contributed by atoms with Gasteiger partial charge in [0.1, 0.15) is 0 Å². The third-order valence-corrected chi connectivity index (χ3v) is 3.48. The van der Waals surface area contributed by atoms with E-state index in [9.17, 15) is 0 Å². The molecule has 84 valence electrons. The summed E-state index contributed by atoms with van der Waals surface area (Å²) in [7, 11) is 3.86. The minimum Gasteiger partial charge on any atom is -0.378 e. The van der Waals surface area contributed by atoms with Crippen LogP contribution in [0.15, 0.2) is 0 Å². The van der Waals surface area contributed by atoms with E-state index in [-0.39, 0.29) is 5.60 Å². The molecule has 0 aliphatic carbocycles. The van der Waals surface area contributed by atoms with Crippen LogP contribution in [0.2, 0.25) is 0 Å². The smallest absolute Gasteiger partial charge is 0.0715 e. The van der Waals surface area contributed by atoms with Gasteiger partial charge in [-0.3, -0.25) is 0 Å². The number of likely N-dealkylation sites (tertiary alicyclic amines) is 1. The van der Waals surface area contributed by atoms with E-state index in [1.54, 1.807) is 0 Å². The molecule has 0 bridgehead atoms. The van der Waals surface area contributed by atoms with Crippen LogP contribution in [-0.2, 0) is 4.74 Å². The fraction of sp³-hybridized carbons (Fsp3) is 1.00. The summed E-state index contributed by atoms with van der Waals surface area (Å²) >= 11 is 0. The van der Waals surface area contributed by atoms with Gasteiger partial charge in [0.25, 0.3) is 0 Å². The van der Waals surface area contributed by atoms with Crippen LogP contribution in [-0.4, -0.2) is 50.8 Å². The number of nitrogens with one attached hydrogen (secondary N) is 1. The van der Waals surface area contributed by atoms with Crippen molar-refractivity contribution in [1.29, 1.82) is 0 Å². The highest BCUT2D eigenvalue weighted by Crippen LogP contribution is 2.28. The summed E-state index contributed by atoms with van der Waals surface area (Å²) in [6.07, 6.45) is 3.50. The number of piperidine rings is 1. The molecule has 3 nitrogen and oxygen atoms in total. The lowest BCUT2D eigenvalue weighted by Crippen LogP contribution is -2.46. The molecule has 14 heavy (non-hydrogen) atoms. The van der Waals surface area contributed by atoms with Crippen molar-refractivity contribution in [3.8, 4) is 0 Å². The average Bonchev–Trinajstić information content (AvgIpc) is 2.27. The molecule has 0 aromatic heterocycles. The number of ether oxygens (including phenoxy) is 1. The van der Waals surface area contributed by atoms with Gasteiger partial charge in [-0.1, -0.05) is 6.92 Å². The van der Waals surface area contributed by atoms with Gasteiger partial charge in [-0.25, -0.2) is 0 Å². The number of hydrogen-bond acceptors (Lipinski definition) is 3. The zero-order chi connectivity index (χ0) is 10.4. The van der Waals surface area contributed by atoms with Crippen molar-refractivity contribution in [3.05, 3.63) is 0 Å². The molecule has 0 aromatic carbocycles. The molecule has 1 aliphatic rings. The van der Waals surface area contributed by atoms with E-state index in [1.807, 2.05) is 14.2 Å². The highest BCUT2D eigenvalue weighted by molar-refractivity contribution is 4.87. The van der Waals surface area contributed by atoms with Crippen LogP contribution in [0.3, 0.4) is 0 Å². The molecular weight excluding hydrogens is 176 g/mol. The van der Waals surface area contributed by atoms with Crippen LogP contribution >= 0.6 is 0 Å². The zero-order valence-electron chi connectivity index (χ0n) is 9.81. The monoisotopic (exact) mass is 200 g/mol. The standard InChI is InChI=1S/C11H24N2O/c1-4-13-9-6-11(14-3,7-10-13)5-8-12-2/h12H,4-10H2,1-3H3. The Kier molecular flexibility index (Phi) is 4.85. The normalized spacial score (nSPS) is 22.5. The maximum absolute atomic E-state index is 5.71. The minimum absolute atomic E-state index is 0.148. The molecule has 0 saturated carbocycles. The van der Waals surface area contributed by atoms with Gasteiger partial charge in [-0.05, 0) is 39.4 Å². The number of hydrogen-bond donors (Lipinski definition) is 1. The molecule has 1 fully saturated rings. The van der Waals surface area contributed by atoms with Gasteiger partial charge in [0.2, 0.25) is 0 Å². The molecule has 3 heteroatoms. The zero-order valence-corrected chi connectivity index (χ0v) is 9.81. The highest BCUT2D eigenvalue weighted by atomic mass is 16.5. The Labute approximate surface area is 87.8 Å². The minimum atomic E-state index is 0.148. The third-order valence-electron chi connectivity index (χ3n) is 3.48. The van der Waals surface area contributed by atoms with Crippen molar-refractivity contribution in [2.24, 2.45) is 0 Å². The van der Waals surface area contributed by atoms with Crippen LogP contribution in [0, 0.1) is 0 Å². The second kappa shape index (κ2) is 5.69. The summed E-state index contributed by atoms with van der Waals surface area (Å²) in [5, 5.41) is 3.21. The summed E-state index contributed by atoms with van der Waals surface area (Å²) in [6.45, 7) is 6.83. The molecule has 0 aromatic rings. The number of methoxy groups -OCH3 is 1. The Balaban J connectivity index is 2.39. The van der Waals surface area contributed by atoms with E-state index in [0.717, 1.165) is 13.0 Å². The Morgan fingerprint density at radius 2 is 2.00 bits per heavy atom. The third kappa shape index (κ3) is 2.94. The molecule has 0 spiro atoms. The second-order valence-electron chi connectivity index (χ2n) is 4.17. The Hall–Kier alpha value is -0.120. The van der Waals surface area contributed by atoms with E-state index >= 15 is 0 Å². The first-order chi connectivity index (χ1) is 6.76. The summed E-state index contributed by atoms with van der Waals surface area (Å²) in [6, 6.07) is 0. The first-order valence-electron chi connectivity index (χ1n) is 5.68. The van der Waals surface area contributed by atoms with Gasteiger partial charge in [-0.2, -0.15) is 0 Å². The van der Waals surface area contributed by atoms with Crippen LogP contribution in [0.5, 0.6) is 0 Å². The molecule has 0 radical (unpaired) electrons. The second-order valence-corrected chi connectivity index (χ2v) is 4.17. The van der Waals surface area contributed by atoms with Crippen LogP contribution in [0.25, 0.3) is 0 Å². The van der Waals surface area contributed by atoms with Crippen LogP contribution < -0.4 is 5.32 Å². The summed E-state index contributed by atoms with van der Waals surface area (Å²) < 4.78 is 5.71.